The van der Waals surface area contributed by atoms with Crippen molar-refractivity contribution in [2.75, 3.05) is 6.56 Å². The summed E-state index contributed by atoms with van der Waals surface area (Å²) >= 11 is 6.10. The monoisotopic (exact) mass is 529 g/mol. The van der Waals surface area contributed by atoms with Crippen molar-refractivity contribution >= 4 is 35.1 Å². The maximum atomic E-state index is 12.0. The van der Waals surface area contributed by atoms with Crippen LogP contribution >= 0.6 is 35.1 Å². The molecule has 31 heavy (non-hydrogen) atoms. The first kappa shape index (κ1) is 23.0. The standard InChI is InChI=1S/C10H13ClN3O14P3/c1-2-10(11)6(15)5(26-7(10)14-4-12-8(16)13-9(14)17)3-25-30(21,22)28-31(23,24)27-29(18,19)20/h1,4-7,15H,3H2,(H,21,22)(H,23,24)(H,13,16,17)(H2,18,19,20)/t5-,6+,7-,10?/m1/s1/i3D2. The molecule has 1 aliphatic heterocycles. The fraction of sp³-hybridized carbons (Fsp3) is 0.500. The molecule has 0 spiro atoms. The van der Waals surface area contributed by atoms with Gasteiger partial charge in [-0.25, -0.2) is 23.3 Å². The number of aromatic amines is 1. The van der Waals surface area contributed by atoms with Crippen LogP contribution in [-0.2, 0) is 31.6 Å². The van der Waals surface area contributed by atoms with Crippen molar-refractivity contribution in [3.63, 3.8) is 0 Å². The van der Waals surface area contributed by atoms with E-state index in [0.29, 0.717) is 10.9 Å². The van der Waals surface area contributed by atoms with Crippen LogP contribution in [0.2, 0.25) is 0 Å². The molecule has 0 saturated carbocycles. The summed E-state index contributed by atoms with van der Waals surface area (Å²) in [6, 6.07) is 0. The molecule has 2 rings (SSSR count). The highest BCUT2D eigenvalue weighted by molar-refractivity contribution is 7.66. The third-order valence-corrected chi connectivity index (χ3v) is 7.46. The zero-order valence-electron chi connectivity index (χ0n) is 16.4. The number of aliphatic hydroxyl groups is 1. The number of aromatic nitrogens is 3. The second-order valence-corrected chi connectivity index (χ2v) is 10.4. The lowest BCUT2D eigenvalue weighted by Crippen LogP contribution is -2.44. The molecular weight excluding hydrogens is 514 g/mol. The van der Waals surface area contributed by atoms with Crippen molar-refractivity contribution in [1.82, 2.24) is 14.5 Å². The molecule has 0 aromatic carbocycles. The number of phosphoric acid groups is 3. The number of phosphoric ester groups is 1. The highest BCUT2D eigenvalue weighted by atomic mass is 35.5. The number of alkyl halides is 1. The number of H-pyrrole nitrogens is 1. The summed E-state index contributed by atoms with van der Waals surface area (Å²) < 4.78 is 66.1. The van der Waals surface area contributed by atoms with Gasteiger partial charge in [-0.05, 0) is 0 Å². The Morgan fingerprint density at radius 3 is 2.45 bits per heavy atom. The molecule has 1 aliphatic rings. The number of aliphatic hydroxyl groups excluding tert-OH is 1. The van der Waals surface area contributed by atoms with Gasteiger partial charge in [0.25, 0.3) is 0 Å². The molecular formula is C10H13ClN3O14P3. The molecule has 0 bridgehead atoms. The molecule has 1 fully saturated rings. The summed E-state index contributed by atoms with van der Waals surface area (Å²) in [7, 11) is -17.7. The van der Waals surface area contributed by atoms with Crippen molar-refractivity contribution in [3.05, 3.63) is 27.3 Å². The molecule has 1 aromatic rings. The van der Waals surface area contributed by atoms with E-state index in [1.54, 1.807) is 4.98 Å². The van der Waals surface area contributed by atoms with Gasteiger partial charge in [0, 0.05) is 0 Å². The molecule has 3 unspecified atom stereocenters. The van der Waals surface area contributed by atoms with E-state index in [0.717, 1.165) is 0 Å². The maximum absolute atomic E-state index is 12.0. The van der Waals surface area contributed by atoms with Gasteiger partial charge >= 0.3 is 34.8 Å². The zero-order valence-corrected chi connectivity index (χ0v) is 17.9. The van der Waals surface area contributed by atoms with E-state index in [-0.39, 0.29) is 0 Å². The highest BCUT2D eigenvalue weighted by Crippen LogP contribution is 2.66. The molecule has 174 valence electrons. The molecule has 0 aliphatic carbocycles. The minimum absolute atomic E-state index is 0.457. The van der Waals surface area contributed by atoms with E-state index >= 15 is 0 Å². The first-order valence-electron chi connectivity index (χ1n) is 8.25. The lowest BCUT2D eigenvalue weighted by Gasteiger charge is -2.24. The number of hydrogen-bond acceptors (Lipinski definition) is 11. The molecule has 17 nitrogen and oxygen atoms in total. The van der Waals surface area contributed by atoms with E-state index in [1.165, 1.54) is 0 Å². The molecule has 21 heteroatoms. The Labute approximate surface area is 178 Å². The summed E-state index contributed by atoms with van der Waals surface area (Å²) in [5, 5.41) is 10.4. The normalized spacial score (nSPS) is 31.7. The summed E-state index contributed by atoms with van der Waals surface area (Å²) in [4.78, 5) is 61.3. The van der Waals surface area contributed by atoms with Gasteiger partial charge in [-0.3, -0.25) is 14.1 Å². The van der Waals surface area contributed by atoms with Crippen molar-refractivity contribution in [2.45, 2.75) is 23.3 Å². The summed E-state index contributed by atoms with van der Waals surface area (Å²) in [5.74, 6) is 1.84. The SMILES string of the molecule is [2H]C([2H])(OP(=O)(O)OP(=O)(O)OP(=O)(O)O)[C@H]1O[C@@H](n2cnc(=O)[nH]c2=O)C(Cl)(C#C)[C@H]1O. The van der Waals surface area contributed by atoms with Crippen LogP contribution in [0, 0.1) is 12.3 Å². The van der Waals surface area contributed by atoms with Crippen LogP contribution in [-0.4, -0.2) is 62.9 Å². The van der Waals surface area contributed by atoms with Crippen LogP contribution in [0.5, 0.6) is 0 Å². The molecule has 6 N–H and O–H groups in total. The second kappa shape index (κ2) is 8.97. The van der Waals surface area contributed by atoms with Gasteiger partial charge < -0.3 is 29.4 Å². The number of halogens is 1. The fourth-order valence-corrected chi connectivity index (χ4v) is 5.28. The van der Waals surface area contributed by atoms with Gasteiger partial charge in [-0.2, -0.15) is 13.6 Å². The van der Waals surface area contributed by atoms with Crippen LogP contribution in [0.3, 0.4) is 0 Å². The maximum Gasteiger partial charge on any atom is 0.490 e. The number of hydrogen-bond donors (Lipinski definition) is 6. The van der Waals surface area contributed by atoms with Crippen molar-refractivity contribution in [1.29, 1.82) is 0 Å². The Bertz CT molecular complexity index is 1230. The van der Waals surface area contributed by atoms with Gasteiger partial charge in [0.1, 0.15) is 18.5 Å². The second-order valence-electron chi connectivity index (χ2n) is 5.45. The van der Waals surface area contributed by atoms with Crippen LogP contribution in [0.4, 0.5) is 0 Å². The van der Waals surface area contributed by atoms with E-state index in [2.05, 4.69) is 18.1 Å². The Kier molecular flexibility index (Phi) is 6.64. The first-order chi connectivity index (χ1) is 14.7. The quantitative estimate of drug-likeness (QED) is 0.123. The minimum atomic E-state index is -6.03. The number of ether oxygens (including phenoxy) is 1. The predicted octanol–water partition coefficient (Wildman–Crippen LogP) is -1.86. The fourth-order valence-electron chi connectivity index (χ4n) is 2.13. The Morgan fingerprint density at radius 2 is 1.94 bits per heavy atom. The van der Waals surface area contributed by atoms with Gasteiger partial charge in [-0.15, -0.1) is 6.42 Å². The average Bonchev–Trinajstić information content (AvgIpc) is 2.83. The predicted molar refractivity (Wildman–Crippen MR) is 96.3 cm³/mol. The molecule has 0 radical (unpaired) electrons. The Hall–Kier alpha value is -1.21. The van der Waals surface area contributed by atoms with E-state index in [1.807, 2.05) is 5.92 Å². The van der Waals surface area contributed by atoms with Crippen LogP contribution in [0.1, 0.15) is 8.97 Å². The molecule has 1 saturated heterocycles. The van der Waals surface area contributed by atoms with Gasteiger partial charge in [0.05, 0.1) is 9.30 Å². The molecule has 2 heterocycles. The van der Waals surface area contributed by atoms with Gasteiger partial charge in [0.2, 0.25) is 0 Å². The largest absolute Gasteiger partial charge is 0.490 e. The number of terminal acetylenes is 1. The summed E-state index contributed by atoms with van der Waals surface area (Å²) in [5.41, 5.74) is -2.29. The Balaban J connectivity index is 2.36. The van der Waals surface area contributed by atoms with Crippen LogP contribution in [0.15, 0.2) is 15.9 Å². The van der Waals surface area contributed by atoms with Crippen molar-refractivity contribution < 1.29 is 59.0 Å². The summed E-state index contributed by atoms with van der Waals surface area (Å²) in [6.45, 7) is -3.64. The van der Waals surface area contributed by atoms with Crippen LogP contribution < -0.4 is 11.4 Å². The topological polar surface area (TPSA) is 257 Å². The average molecular weight is 530 g/mol. The first-order valence-corrected chi connectivity index (χ1v) is 12.2. The molecule has 0 amide bonds. The summed E-state index contributed by atoms with van der Waals surface area (Å²) in [6.07, 6.45) is -0.807. The highest BCUT2D eigenvalue weighted by Gasteiger charge is 2.56. The Morgan fingerprint density at radius 1 is 1.32 bits per heavy atom. The van der Waals surface area contributed by atoms with Crippen molar-refractivity contribution in [2.24, 2.45) is 0 Å². The third kappa shape index (κ3) is 6.41. The van der Waals surface area contributed by atoms with Crippen LogP contribution in [0.25, 0.3) is 0 Å². The van der Waals surface area contributed by atoms with E-state index in [4.69, 9.17) is 40.2 Å². The van der Waals surface area contributed by atoms with E-state index < -0.39 is 64.7 Å². The smallest absolute Gasteiger partial charge is 0.387 e. The lowest BCUT2D eigenvalue weighted by molar-refractivity contribution is -0.0459. The van der Waals surface area contributed by atoms with Gasteiger partial charge in [-0.1, -0.05) is 17.5 Å². The minimum Gasteiger partial charge on any atom is -0.387 e. The third-order valence-electron chi connectivity index (χ3n) is 3.27. The number of nitrogens with one attached hydrogen (secondary N) is 1. The lowest BCUT2D eigenvalue weighted by atomic mass is 10.00. The molecule has 1 aromatic heterocycles. The zero-order chi connectivity index (χ0) is 25.6. The van der Waals surface area contributed by atoms with Gasteiger partial charge in [0.15, 0.2) is 11.1 Å². The van der Waals surface area contributed by atoms with Crippen molar-refractivity contribution in [3.8, 4) is 12.3 Å². The number of nitrogens with zero attached hydrogens (tertiary/aromatic N) is 2. The number of rotatable bonds is 8. The molecule has 6 atom stereocenters. The van der Waals surface area contributed by atoms with E-state index in [9.17, 15) is 33.3 Å².